The molecule has 0 aromatic heterocycles. The second kappa shape index (κ2) is 7.51. The van der Waals surface area contributed by atoms with Crippen molar-refractivity contribution in [1.29, 1.82) is 0 Å². The average molecular weight is 271 g/mol. The first kappa shape index (κ1) is 15.1. The first-order valence-corrected chi connectivity index (χ1v) is 7.00. The van der Waals surface area contributed by atoms with Gasteiger partial charge in [0.15, 0.2) is 0 Å². The van der Waals surface area contributed by atoms with Crippen LogP contribution in [0.4, 0.5) is 5.69 Å². The second-order valence-corrected chi connectivity index (χ2v) is 5.73. The van der Waals surface area contributed by atoms with Crippen LogP contribution in [0.25, 0.3) is 0 Å². The molecule has 0 bridgehead atoms. The van der Waals surface area contributed by atoms with E-state index in [2.05, 4.69) is 0 Å². The van der Waals surface area contributed by atoms with Gasteiger partial charge in [0, 0.05) is 22.8 Å². The summed E-state index contributed by atoms with van der Waals surface area (Å²) in [6.45, 7) is 3.90. The molecule has 1 rings (SSSR count). The highest BCUT2D eigenvalue weighted by Crippen LogP contribution is 2.17. The third kappa shape index (κ3) is 5.62. The van der Waals surface area contributed by atoms with E-state index in [9.17, 15) is 10.2 Å². The lowest BCUT2D eigenvalue weighted by atomic mass is 10.3. The highest BCUT2D eigenvalue weighted by molar-refractivity contribution is 7.99. The van der Waals surface area contributed by atoms with Crippen LogP contribution in [0.5, 0.6) is 5.75 Å². The predicted octanol–water partition coefficient (Wildman–Crippen LogP) is 1.51. The number of benzene rings is 1. The summed E-state index contributed by atoms with van der Waals surface area (Å²) in [5.74, 6) is 1.19. The molecule has 0 aliphatic rings. The number of hydrogen-bond donors (Lipinski definition) is 3. The highest BCUT2D eigenvalue weighted by Gasteiger charge is 2.12. The van der Waals surface area contributed by atoms with Gasteiger partial charge in [0.05, 0.1) is 12.2 Å². The quantitative estimate of drug-likeness (QED) is 0.655. The van der Waals surface area contributed by atoms with Crippen LogP contribution in [0.15, 0.2) is 24.3 Å². The normalized spacial score (nSPS) is 16.0. The van der Waals surface area contributed by atoms with Crippen LogP contribution >= 0.6 is 11.8 Å². The summed E-state index contributed by atoms with van der Waals surface area (Å²) < 4.78 is 5.44. The van der Waals surface area contributed by atoms with Gasteiger partial charge >= 0.3 is 0 Å². The Labute approximate surface area is 112 Å². The Morgan fingerprint density at radius 3 is 2.67 bits per heavy atom. The molecule has 4 nitrogen and oxygen atoms in total. The van der Waals surface area contributed by atoms with Crippen LogP contribution < -0.4 is 10.5 Å². The number of anilines is 1. The maximum atomic E-state index is 9.75. The Hall–Kier alpha value is -0.910. The lowest BCUT2D eigenvalue weighted by molar-refractivity contribution is 0.126. The number of nitrogen functional groups attached to an aromatic ring is 1. The minimum Gasteiger partial charge on any atom is -0.491 e. The first-order valence-electron chi connectivity index (χ1n) is 5.95. The van der Waals surface area contributed by atoms with Crippen molar-refractivity contribution in [3.63, 3.8) is 0 Å². The van der Waals surface area contributed by atoms with Crippen LogP contribution in [-0.2, 0) is 0 Å². The summed E-state index contributed by atoms with van der Waals surface area (Å²) in [6.07, 6.45) is -0.935. The number of aliphatic hydroxyl groups excluding tert-OH is 2. The van der Waals surface area contributed by atoms with Crippen molar-refractivity contribution in [3.05, 3.63) is 24.3 Å². The molecule has 4 N–H and O–H groups in total. The van der Waals surface area contributed by atoms with E-state index >= 15 is 0 Å². The molecule has 18 heavy (non-hydrogen) atoms. The number of thioether (sulfide) groups is 1. The zero-order valence-electron chi connectivity index (χ0n) is 10.7. The fraction of sp³-hybridized carbons (Fsp3) is 0.538. The van der Waals surface area contributed by atoms with Gasteiger partial charge in [0.25, 0.3) is 0 Å². The van der Waals surface area contributed by atoms with Crippen molar-refractivity contribution in [2.24, 2.45) is 0 Å². The van der Waals surface area contributed by atoms with E-state index in [4.69, 9.17) is 10.5 Å². The van der Waals surface area contributed by atoms with Crippen molar-refractivity contribution < 1.29 is 14.9 Å². The molecule has 3 unspecified atom stereocenters. The molecule has 0 spiro atoms. The van der Waals surface area contributed by atoms with Gasteiger partial charge in [-0.05, 0) is 19.1 Å². The van der Waals surface area contributed by atoms with E-state index in [0.29, 0.717) is 17.2 Å². The minimum absolute atomic E-state index is 0.104. The van der Waals surface area contributed by atoms with Gasteiger partial charge in [-0.1, -0.05) is 13.0 Å². The number of rotatable bonds is 7. The van der Waals surface area contributed by atoms with Gasteiger partial charge in [0.2, 0.25) is 0 Å². The molecule has 102 valence electrons. The maximum absolute atomic E-state index is 9.75. The molecular weight excluding hydrogens is 250 g/mol. The first-order chi connectivity index (χ1) is 8.49. The summed E-state index contributed by atoms with van der Waals surface area (Å²) in [6, 6.07) is 7.11. The van der Waals surface area contributed by atoms with E-state index in [0.717, 1.165) is 0 Å². The predicted molar refractivity (Wildman–Crippen MR) is 76.0 cm³/mol. The molecule has 0 saturated carbocycles. The Bertz CT molecular complexity index is 360. The molecule has 0 heterocycles. The van der Waals surface area contributed by atoms with Crippen LogP contribution in [0.1, 0.15) is 13.8 Å². The molecule has 1 aromatic rings. The number of hydrogen-bond acceptors (Lipinski definition) is 5. The van der Waals surface area contributed by atoms with Crippen molar-refractivity contribution in [3.8, 4) is 5.75 Å². The van der Waals surface area contributed by atoms with Gasteiger partial charge in [-0.3, -0.25) is 0 Å². The van der Waals surface area contributed by atoms with Gasteiger partial charge in [-0.2, -0.15) is 11.8 Å². The molecule has 1 aromatic carbocycles. The summed E-state index contributed by atoms with van der Waals surface area (Å²) in [5.41, 5.74) is 6.26. The smallest absolute Gasteiger partial charge is 0.121 e. The number of aliphatic hydroxyl groups is 2. The molecule has 0 amide bonds. The Morgan fingerprint density at radius 1 is 1.33 bits per heavy atom. The summed E-state index contributed by atoms with van der Waals surface area (Å²) in [7, 11) is 0. The van der Waals surface area contributed by atoms with Crippen molar-refractivity contribution in [1.82, 2.24) is 0 Å². The molecule has 0 fully saturated rings. The van der Waals surface area contributed by atoms with Crippen molar-refractivity contribution in [2.45, 2.75) is 31.3 Å². The summed E-state index contributed by atoms with van der Waals surface area (Å²) in [5, 5.41) is 19.2. The van der Waals surface area contributed by atoms with Gasteiger partial charge in [-0.25, -0.2) is 0 Å². The van der Waals surface area contributed by atoms with E-state index in [1.54, 1.807) is 31.2 Å². The molecule has 0 radical (unpaired) electrons. The fourth-order valence-corrected chi connectivity index (χ4v) is 2.15. The van der Waals surface area contributed by atoms with Gasteiger partial charge < -0.3 is 20.7 Å². The summed E-state index contributed by atoms with van der Waals surface area (Å²) in [4.78, 5) is 0. The topological polar surface area (TPSA) is 75.7 Å². The van der Waals surface area contributed by atoms with Crippen LogP contribution in [0.2, 0.25) is 0 Å². The number of ether oxygens (including phenoxy) is 1. The van der Waals surface area contributed by atoms with Crippen LogP contribution in [0.3, 0.4) is 0 Å². The summed E-state index contributed by atoms with van der Waals surface area (Å²) >= 11 is 1.53. The minimum atomic E-state index is -0.558. The van der Waals surface area contributed by atoms with E-state index in [-0.39, 0.29) is 18.0 Å². The maximum Gasteiger partial charge on any atom is 0.121 e. The highest BCUT2D eigenvalue weighted by atomic mass is 32.2. The lowest BCUT2D eigenvalue weighted by Gasteiger charge is -2.17. The average Bonchev–Trinajstić information content (AvgIpc) is 2.33. The lowest BCUT2D eigenvalue weighted by Crippen LogP contribution is -2.24. The molecule has 5 heteroatoms. The molecule has 0 aliphatic carbocycles. The van der Waals surface area contributed by atoms with Crippen LogP contribution in [0, 0.1) is 0 Å². The van der Waals surface area contributed by atoms with E-state index in [1.807, 2.05) is 6.92 Å². The molecule has 0 aliphatic heterocycles. The standard InChI is InChI=1S/C13H21NO3S/c1-9(15)10(2)18-8-12(16)7-17-13-5-3-4-11(14)6-13/h3-6,9-10,12,15-16H,7-8,14H2,1-2H3. The Balaban J connectivity index is 2.27. The van der Waals surface area contributed by atoms with Gasteiger partial charge in [-0.15, -0.1) is 0 Å². The monoisotopic (exact) mass is 271 g/mol. The van der Waals surface area contributed by atoms with Crippen LogP contribution in [-0.4, -0.2) is 40.0 Å². The van der Waals surface area contributed by atoms with Crippen molar-refractivity contribution >= 4 is 17.4 Å². The Kier molecular flexibility index (Phi) is 6.32. The zero-order valence-corrected chi connectivity index (χ0v) is 11.6. The third-order valence-corrected chi connectivity index (χ3v) is 4.03. The zero-order chi connectivity index (χ0) is 13.5. The fourth-order valence-electron chi connectivity index (χ4n) is 1.25. The molecule has 0 saturated heterocycles. The van der Waals surface area contributed by atoms with Gasteiger partial charge in [0.1, 0.15) is 12.4 Å². The Morgan fingerprint density at radius 2 is 2.06 bits per heavy atom. The molecular formula is C13H21NO3S. The largest absolute Gasteiger partial charge is 0.491 e. The van der Waals surface area contributed by atoms with E-state index in [1.165, 1.54) is 11.8 Å². The second-order valence-electron chi connectivity index (χ2n) is 4.32. The molecule has 3 atom stereocenters. The third-order valence-electron chi connectivity index (χ3n) is 2.53. The van der Waals surface area contributed by atoms with E-state index < -0.39 is 6.10 Å². The SMILES string of the molecule is CC(O)C(C)SCC(O)COc1cccc(N)c1. The number of nitrogens with two attached hydrogens (primary N) is 1. The van der Waals surface area contributed by atoms with Crippen molar-refractivity contribution in [2.75, 3.05) is 18.1 Å².